The second kappa shape index (κ2) is 9.30. The molecule has 0 amide bonds. The summed E-state index contributed by atoms with van der Waals surface area (Å²) in [6, 6.07) is 0. The molecule has 30 heavy (non-hydrogen) atoms. The van der Waals surface area contributed by atoms with Crippen LogP contribution in [0.4, 0.5) is 0 Å². The third-order valence-electron chi connectivity index (χ3n) is 8.62. The Morgan fingerprint density at radius 3 is 2.60 bits per heavy atom. The van der Waals surface area contributed by atoms with Crippen molar-refractivity contribution in [2.75, 3.05) is 0 Å². The van der Waals surface area contributed by atoms with Gasteiger partial charge in [-0.15, -0.1) is 0 Å². The molecule has 3 N–H and O–H groups in total. The van der Waals surface area contributed by atoms with Crippen molar-refractivity contribution in [3.8, 4) is 0 Å². The number of aliphatic hydroxyl groups excluding tert-OH is 2. The van der Waals surface area contributed by atoms with Crippen LogP contribution in [0.15, 0.2) is 35.5 Å². The van der Waals surface area contributed by atoms with E-state index >= 15 is 0 Å². The SMILES string of the molecule is C=C1CC[C@H](O)C/C1=C/C=C1CCC[C@@]2(C)C1CC[C@@H]2[C@H](C)CC[C@H](O)C(C)(C)O. The van der Waals surface area contributed by atoms with Crippen LogP contribution in [-0.4, -0.2) is 33.1 Å². The van der Waals surface area contributed by atoms with Crippen molar-refractivity contribution in [2.45, 2.75) is 110 Å². The van der Waals surface area contributed by atoms with E-state index in [9.17, 15) is 15.3 Å². The molecule has 0 aromatic heterocycles. The van der Waals surface area contributed by atoms with Crippen LogP contribution in [-0.2, 0) is 0 Å². The molecule has 0 aromatic rings. The van der Waals surface area contributed by atoms with Crippen molar-refractivity contribution in [1.82, 2.24) is 0 Å². The minimum atomic E-state index is -1.02. The van der Waals surface area contributed by atoms with Crippen LogP contribution in [0.3, 0.4) is 0 Å². The predicted molar refractivity (Wildman–Crippen MR) is 124 cm³/mol. The molecule has 3 fully saturated rings. The number of rotatable bonds is 6. The zero-order valence-electron chi connectivity index (χ0n) is 19.7. The summed E-state index contributed by atoms with van der Waals surface area (Å²) in [5.41, 5.74) is 3.34. The Bertz CT molecular complexity index is 683. The average Bonchev–Trinajstić information content (AvgIpc) is 3.03. The van der Waals surface area contributed by atoms with Crippen LogP contribution in [0.2, 0.25) is 0 Å². The Hall–Kier alpha value is -0.900. The molecule has 3 heteroatoms. The summed E-state index contributed by atoms with van der Waals surface area (Å²) in [5.74, 6) is 1.89. The van der Waals surface area contributed by atoms with Crippen molar-refractivity contribution in [3.63, 3.8) is 0 Å². The topological polar surface area (TPSA) is 60.7 Å². The van der Waals surface area contributed by atoms with Gasteiger partial charge in [-0.2, -0.15) is 0 Å². The molecular formula is C27H44O3. The summed E-state index contributed by atoms with van der Waals surface area (Å²) in [7, 11) is 0. The second-order valence-electron chi connectivity index (χ2n) is 11.3. The van der Waals surface area contributed by atoms with E-state index in [1.165, 1.54) is 43.3 Å². The Morgan fingerprint density at radius 2 is 1.90 bits per heavy atom. The summed E-state index contributed by atoms with van der Waals surface area (Å²) in [6.07, 6.45) is 14.1. The van der Waals surface area contributed by atoms with Crippen molar-refractivity contribution >= 4 is 0 Å². The second-order valence-corrected chi connectivity index (χ2v) is 11.3. The smallest absolute Gasteiger partial charge is 0.0849 e. The van der Waals surface area contributed by atoms with E-state index in [1.54, 1.807) is 19.4 Å². The minimum absolute atomic E-state index is 0.215. The van der Waals surface area contributed by atoms with Gasteiger partial charge in [-0.05, 0) is 107 Å². The fourth-order valence-corrected chi connectivity index (χ4v) is 6.58. The van der Waals surface area contributed by atoms with Gasteiger partial charge in [0.05, 0.1) is 17.8 Å². The van der Waals surface area contributed by atoms with Gasteiger partial charge in [-0.25, -0.2) is 0 Å². The average molecular weight is 417 g/mol. The first-order chi connectivity index (χ1) is 14.0. The molecule has 3 aliphatic rings. The highest BCUT2D eigenvalue weighted by Gasteiger charge is 2.50. The number of hydrogen-bond acceptors (Lipinski definition) is 3. The maximum Gasteiger partial charge on any atom is 0.0849 e. The standard InChI is InChI=1S/C27H44O3/c1-18-8-12-22(28)17-21(18)11-10-20-7-6-16-27(5)23(13-14-24(20)27)19(2)9-15-25(29)26(3,4)30/h10-11,19,22-25,28-30H,1,6-9,12-17H2,2-5H3/b20-10?,21-11-/t19-,22+,23-,24?,25+,27-/m1/s1. The van der Waals surface area contributed by atoms with Gasteiger partial charge in [0.2, 0.25) is 0 Å². The van der Waals surface area contributed by atoms with Gasteiger partial charge in [0.15, 0.2) is 0 Å². The molecule has 0 heterocycles. The molecule has 0 aliphatic heterocycles. The molecule has 3 nitrogen and oxygen atoms in total. The molecule has 0 spiro atoms. The van der Waals surface area contributed by atoms with Crippen LogP contribution < -0.4 is 0 Å². The third kappa shape index (κ3) is 5.11. The van der Waals surface area contributed by atoms with E-state index in [0.29, 0.717) is 29.6 Å². The highest BCUT2D eigenvalue weighted by atomic mass is 16.3. The molecule has 3 saturated carbocycles. The van der Waals surface area contributed by atoms with Crippen molar-refractivity contribution in [2.24, 2.45) is 23.2 Å². The largest absolute Gasteiger partial charge is 0.393 e. The Labute approximate surface area is 184 Å². The molecule has 1 unspecified atom stereocenters. The molecule has 3 rings (SSSR count). The van der Waals surface area contributed by atoms with E-state index in [-0.39, 0.29) is 6.10 Å². The summed E-state index contributed by atoms with van der Waals surface area (Å²) in [6.45, 7) is 12.5. The monoisotopic (exact) mass is 416 g/mol. The molecule has 0 radical (unpaired) electrons. The van der Waals surface area contributed by atoms with Gasteiger partial charge >= 0.3 is 0 Å². The maximum absolute atomic E-state index is 10.3. The first kappa shape index (κ1) is 23.8. The van der Waals surface area contributed by atoms with Gasteiger partial charge in [-0.3, -0.25) is 0 Å². The van der Waals surface area contributed by atoms with Crippen LogP contribution >= 0.6 is 0 Å². The number of aliphatic hydroxyl groups is 3. The van der Waals surface area contributed by atoms with E-state index in [2.05, 4.69) is 32.6 Å². The predicted octanol–water partition coefficient (Wildman–Crippen LogP) is 5.70. The maximum atomic E-state index is 10.3. The van der Waals surface area contributed by atoms with Gasteiger partial charge in [0.25, 0.3) is 0 Å². The molecule has 170 valence electrons. The van der Waals surface area contributed by atoms with Crippen LogP contribution in [0, 0.1) is 23.2 Å². The lowest BCUT2D eigenvalue weighted by Crippen LogP contribution is -2.38. The van der Waals surface area contributed by atoms with Gasteiger partial charge in [-0.1, -0.05) is 43.7 Å². The fraction of sp³-hybridized carbons (Fsp3) is 0.778. The van der Waals surface area contributed by atoms with Crippen LogP contribution in [0.25, 0.3) is 0 Å². The van der Waals surface area contributed by atoms with Crippen molar-refractivity contribution < 1.29 is 15.3 Å². The molecule has 0 saturated heterocycles. The van der Waals surface area contributed by atoms with Crippen molar-refractivity contribution in [3.05, 3.63) is 35.5 Å². The van der Waals surface area contributed by atoms with Gasteiger partial charge in [0.1, 0.15) is 0 Å². The quantitative estimate of drug-likeness (QED) is 0.520. The van der Waals surface area contributed by atoms with Gasteiger partial charge < -0.3 is 15.3 Å². The van der Waals surface area contributed by atoms with Crippen molar-refractivity contribution in [1.29, 1.82) is 0 Å². The van der Waals surface area contributed by atoms with E-state index in [4.69, 9.17) is 0 Å². The molecular weight excluding hydrogens is 372 g/mol. The number of allylic oxidation sites excluding steroid dienone is 4. The van der Waals surface area contributed by atoms with E-state index < -0.39 is 11.7 Å². The summed E-state index contributed by atoms with van der Waals surface area (Å²) in [4.78, 5) is 0. The minimum Gasteiger partial charge on any atom is -0.393 e. The lowest BCUT2D eigenvalue weighted by molar-refractivity contribution is -0.0554. The summed E-state index contributed by atoms with van der Waals surface area (Å²) in [5, 5.41) is 30.3. The van der Waals surface area contributed by atoms with Gasteiger partial charge in [0, 0.05) is 0 Å². The summed E-state index contributed by atoms with van der Waals surface area (Å²) < 4.78 is 0. The number of hydrogen-bond donors (Lipinski definition) is 3. The Balaban J connectivity index is 1.69. The first-order valence-corrected chi connectivity index (χ1v) is 12.2. The number of fused-ring (bicyclic) bond motifs is 1. The third-order valence-corrected chi connectivity index (χ3v) is 8.62. The zero-order valence-corrected chi connectivity index (χ0v) is 19.7. The highest BCUT2D eigenvalue weighted by Crippen LogP contribution is 2.60. The lowest BCUT2D eigenvalue weighted by Gasteiger charge is -2.44. The van der Waals surface area contributed by atoms with E-state index in [0.717, 1.165) is 25.7 Å². The Morgan fingerprint density at radius 1 is 1.17 bits per heavy atom. The molecule has 6 atom stereocenters. The normalized spacial score (nSPS) is 37.4. The van der Waals surface area contributed by atoms with Crippen LogP contribution in [0.5, 0.6) is 0 Å². The highest BCUT2D eigenvalue weighted by molar-refractivity contribution is 5.36. The zero-order chi connectivity index (χ0) is 22.1. The Kier molecular flexibility index (Phi) is 7.37. The fourth-order valence-electron chi connectivity index (χ4n) is 6.58. The lowest BCUT2D eigenvalue weighted by atomic mass is 9.60. The van der Waals surface area contributed by atoms with Crippen LogP contribution in [0.1, 0.15) is 91.9 Å². The molecule has 0 aromatic carbocycles. The first-order valence-electron chi connectivity index (χ1n) is 12.2. The molecule has 0 bridgehead atoms. The van der Waals surface area contributed by atoms with E-state index in [1.807, 2.05) is 0 Å². The summed E-state index contributed by atoms with van der Waals surface area (Å²) >= 11 is 0. The molecule has 3 aliphatic carbocycles.